The topological polar surface area (TPSA) is 64.4 Å². The van der Waals surface area contributed by atoms with Crippen LogP contribution in [0.15, 0.2) is 109 Å². The van der Waals surface area contributed by atoms with E-state index in [1.54, 1.807) is 7.11 Å². The number of pyridine rings is 1. The summed E-state index contributed by atoms with van der Waals surface area (Å²) in [5, 5.41) is 9.01. The van der Waals surface area contributed by atoms with E-state index in [9.17, 15) is 0 Å². The number of methoxy groups -OCH3 is 1. The van der Waals surface area contributed by atoms with Crippen molar-refractivity contribution in [3.05, 3.63) is 137 Å². The number of quaternary nitrogens is 1. The van der Waals surface area contributed by atoms with Crippen molar-refractivity contribution >= 4 is 0 Å². The Kier molecular flexibility index (Phi) is 9.64. The summed E-state index contributed by atoms with van der Waals surface area (Å²) in [6, 6.07) is 36.2. The molecule has 1 aromatic heterocycles. The van der Waals surface area contributed by atoms with E-state index in [0.29, 0.717) is 18.1 Å². The van der Waals surface area contributed by atoms with Crippen LogP contribution in [0, 0.1) is 11.3 Å². The Labute approximate surface area is 269 Å². The highest BCUT2D eigenvalue weighted by Crippen LogP contribution is 2.36. The van der Waals surface area contributed by atoms with Gasteiger partial charge in [-0.15, -0.1) is 0 Å². The third-order valence-corrected chi connectivity index (χ3v) is 7.98. The molecule has 1 aliphatic rings. The number of fused-ring (bicyclic) bond motifs is 1. The molecule has 0 saturated heterocycles. The van der Waals surface area contributed by atoms with E-state index >= 15 is 0 Å². The Balaban J connectivity index is 0.00000384. The summed E-state index contributed by atoms with van der Waals surface area (Å²) in [4.78, 5) is 4.61. The smallest absolute Gasteiger partial charge is 0.219 e. The number of hydrogen-bond acceptors (Lipinski definition) is 5. The van der Waals surface area contributed by atoms with Gasteiger partial charge in [-0.1, -0.05) is 54.6 Å². The zero-order chi connectivity index (χ0) is 29.6. The standard InChI is InChI=1S/C37H34N3O3.BrH/c1-40(19-18-32-20-35(41-2)36(21-33(32)25-40)42-26-28-6-4-3-5-7-28)24-29-10-17-37(39-23-29)43-34-15-13-31(14-16-34)30-11-8-27(22-38)9-12-30;/h3-17,20-21,23H,18-19,24-26H2,1-2H3;1H/q+1;/p-1. The number of hydrogen-bond donors (Lipinski definition) is 0. The van der Waals surface area contributed by atoms with Gasteiger partial charge in [-0.25, -0.2) is 4.98 Å². The van der Waals surface area contributed by atoms with Gasteiger partial charge in [-0.2, -0.15) is 5.26 Å². The molecule has 0 spiro atoms. The van der Waals surface area contributed by atoms with E-state index < -0.39 is 0 Å². The summed E-state index contributed by atoms with van der Waals surface area (Å²) in [5.74, 6) is 2.86. The monoisotopic (exact) mass is 647 g/mol. The molecule has 44 heavy (non-hydrogen) atoms. The number of benzene rings is 4. The molecule has 0 amide bonds. The minimum Gasteiger partial charge on any atom is -1.00 e. The number of likely N-dealkylation sites (N-methyl/N-ethyl adjacent to an activating group) is 1. The lowest BCUT2D eigenvalue weighted by atomic mass is 9.96. The molecule has 4 aromatic carbocycles. The van der Waals surface area contributed by atoms with Crippen LogP contribution in [0.25, 0.3) is 11.1 Å². The van der Waals surface area contributed by atoms with E-state index in [4.69, 9.17) is 19.5 Å². The number of ether oxygens (including phenoxy) is 3. The molecular weight excluding hydrogens is 614 g/mol. The Morgan fingerprint density at radius 2 is 1.52 bits per heavy atom. The van der Waals surface area contributed by atoms with Gasteiger partial charge in [0.25, 0.3) is 0 Å². The van der Waals surface area contributed by atoms with Gasteiger partial charge >= 0.3 is 0 Å². The summed E-state index contributed by atoms with van der Waals surface area (Å²) in [6.45, 7) is 3.32. The van der Waals surface area contributed by atoms with Crippen molar-refractivity contribution in [1.82, 2.24) is 4.98 Å². The van der Waals surface area contributed by atoms with E-state index in [1.165, 1.54) is 16.7 Å². The lowest BCUT2D eigenvalue weighted by Crippen LogP contribution is -3.00. The van der Waals surface area contributed by atoms with Crippen LogP contribution in [0.2, 0.25) is 0 Å². The molecule has 6 rings (SSSR count). The van der Waals surface area contributed by atoms with Crippen LogP contribution in [0.5, 0.6) is 23.1 Å². The third kappa shape index (κ3) is 7.28. The van der Waals surface area contributed by atoms with Crippen LogP contribution >= 0.6 is 0 Å². The number of halogens is 1. The summed E-state index contributed by atoms with van der Waals surface area (Å²) < 4.78 is 18.8. The van der Waals surface area contributed by atoms with E-state index in [-0.39, 0.29) is 17.0 Å². The van der Waals surface area contributed by atoms with E-state index in [0.717, 1.165) is 64.5 Å². The lowest BCUT2D eigenvalue weighted by molar-refractivity contribution is -0.937. The molecule has 6 nitrogen and oxygen atoms in total. The van der Waals surface area contributed by atoms with Crippen LogP contribution in [0.4, 0.5) is 0 Å². The van der Waals surface area contributed by atoms with Crippen molar-refractivity contribution in [2.45, 2.75) is 26.1 Å². The summed E-state index contributed by atoms with van der Waals surface area (Å²) in [7, 11) is 4.00. The first kappa shape index (κ1) is 30.8. The highest BCUT2D eigenvalue weighted by molar-refractivity contribution is 5.65. The molecule has 2 heterocycles. The first-order valence-corrected chi connectivity index (χ1v) is 14.4. The predicted octanol–water partition coefficient (Wildman–Crippen LogP) is 4.71. The van der Waals surface area contributed by atoms with Crippen LogP contribution in [0.1, 0.15) is 27.8 Å². The SMILES string of the molecule is COc1cc2c(cc1OCc1ccccc1)C[N+](C)(Cc1ccc(Oc3ccc(-c4ccc(C#N)cc4)cc3)nc1)CC2.[Br-]. The molecule has 0 saturated carbocycles. The number of aromatic nitrogens is 1. The molecule has 0 aliphatic carbocycles. The minimum absolute atomic E-state index is 0. The van der Waals surface area contributed by atoms with E-state index in [2.05, 4.69) is 48.4 Å². The van der Waals surface area contributed by atoms with Crippen molar-refractivity contribution < 1.29 is 35.7 Å². The van der Waals surface area contributed by atoms with Crippen molar-refractivity contribution in [2.24, 2.45) is 0 Å². The normalized spacial score (nSPS) is 15.3. The van der Waals surface area contributed by atoms with Gasteiger partial charge in [-0.3, -0.25) is 0 Å². The van der Waals surface area contributed by atoms with Gasteiger partial charge in [0, 0.05) is 29.8 Å². The Bertz CT molecular complexity index is 1740. The zero-order valence-electron chi connectivity index (χ0n) is 24.9. The second-order valence-electron chi connectivity index (χ2n) is 11.3. The molecule has 1 aliphatic heterocycles. The molecule has 5 aromatic rings. The second kappa shape index (κ2) is 13.8. The summed E-state index contributed by atoms with van der Waals surface area (Å²) in [5.41, 5.74) is 7.69. The van der Waals surface area contributed by atoms with Crippen LogP contribution < -0.4 is 31.2 Å². The van der Waals surface area contributed by atoms with Gasteiger partial charge in [0.15, 0.2) is 11.5 Å². The minimum atomic E-state index is 0. The van der Waals surface area contributed by atoms with Crippen molar-refractivity contribution in [3.63, 3.8) is 0 Å². The summed E-state index contributed by atoms with van der Waals surface area (Å²) in [6.07, 6.45) is 2.90. The second-order valence-corrected chi connectivity index (χ2v) is 11.3. The van der Waals surface area contributed by atoms with E-state index in [1.807, 2.05) is 79.0 Å². The van der Waals surface area contributed by atoms with Gasteiger partial charge in [0.05, 0.1) is 32.3 Å². The largest absolute Gasteiger partial charge is 1.00 e. The average Bonchev–Trinajstić information content (AvgIpc) is 3.05. The third-order valence-electron chi connectivity index (χ3n) is 7.98. The molecule has 1 unspecified atom stereocenters. The van der Waals surface area contributed by atoms with Gasteiger partial charge in [0.1, 0.15) is 25.4 Å². The number of rotatable bonds is 9. The van der Waals surface area contributed by atoms with Crippen molar-refractivity contribution in [1.29, 1.82) is 5.26 Å². The van der Waals surface area contributed by atoms with Crippen LogP contribution in [0.3, 0.4) is 0 Å². The number of nitriles is 1. The number of nitrogens with zero attached hydrogens (tertiary/aromatic N) is 3. The van der Waals surface area contributed by atoms with Crippen LogP contribution in [-0.2, 0) is 26.1 Å². The quantitative estimate of drug-likeness (QED) is 0.217. The Morgan fingerprint density at radius 1 is 0.818 bits per heavy atom. The molecule has 1 atom stereocenters. The maximum absolute atomic E-state index is 9.01. The molecule has 0 N–H and O–H groups in total. The van der Waals surface area contributed by atoms with Crippen molar-refractivity contribution in [3.8, 4) is 40.3 Å². The highest BCUT2D eigenvalue weighted by atomic mass is 79.9. The fraction of sp³-hybridized carbons (Fsp3) is 0.189. The Morgan fingerprint density at radius 3 is 2.18 bits per heavy atom. The van der Waals surface area contributed by atoms with Crippen molar-refractivity contribution in [2.75, 3.05) is 20.7 Å². The fourth-order valence-corrected chi connectivity index (χ4v) is 5.63. The first-order valence-electron chi connectivity index (χ1n) is 14.4. The molecule has 222 valence electrons. The zero-order valence-corrected chi connectivity index (χ0v) is 26.5. The molecule has 0 fully saturated rings. The van der Waals surface area contributed by atoms with Gasteiger partial charge in [0.2, 0.25) is 5.88 Å². The molecular formula is C37H34BrN3O3. The fourth-order valence-electron chi connectivity index (χ4n) is 5.63. The maximum Gasteiger partial charge on any atom is 0.219 e. The maximum atomic E-state index is 9.01. The highest BCUT2D eigenvalue weighted by Gasteiger charge is 2.30. The lowest BCUT2D eigenvalue weighted by Gasteiger charge is -2.39. The van der Waals surface area contributed by atoms with Gasteiger partial charge < -0.3 is 35.7 Å². The van der Waals surface area contributed by atoms with Crippen LogP contribution in [-0.4, -0.2) is 30.2 Å². The Hall–Kier alpha value is -4.64. The molecule has 0 bridgehead atoms. The van der Waals surface area contributed by atoms with Gasteiger partial charge in [-0.05, 0) is 64.7 Å². The average molecular weight is 649 g/mol. The molecule has 7 heteroatoms. The first-order chi connectivity index (χ1) is 21.0. The summed E-state index contributed by atoms with van der Waals surface area (Å²) >= 11 is 0. The molecule has 0 radical (unpaired) electrons. The predicted molar refractivity (Wildman–Crippen MR) is 167 cm³/mol.